The molecule has 0 saturated carbocycles. The van der Waals surface area contributed by atoms with Gasteiger partial charge in [0, 0.05) is 25.7 Å². The van der Waals surface area contributed by atoms with Crippen LogP contribution in [0.4, 0.5) is 5.69 Å². The van der Waals surface area contributed by atoms with Crippen LogP contribution in [0.3, 0.4) is 0 Å². The molecule has 0 aliphatic carbocycles. The van der Waals surface area contributed by atoms with Crippen LogP contribution in [0.2, 0.25) is 0 Å². The fourth-order valence-electron chi connectivity index (χ4n) is 3.14. The minimum atomic E-state index is 0.325. The normalized spacial score (nSPS) is 18.5. The van der Waals surface area contributed by atoms with Gasteiger partial charge in [0.2, 0.25) is 5.65 Å². The molecule has 1 aromatic carbocycles. The van der Waals surface area contributed by atoms with Crippen molar-refractivity contribution in [3.63, 3.8) is 0 Å². The van der Waals surface area contributed by atoms with Crippen LogP contribution >= 0.6 is 0 Å². The van der Waals surface area contributed by atoms with Gasteiger partial charge in [-0.15, -0.1) is 10.2 Å². The topological polar surface area (TPSA) is 58.3 Å². The highest BCUT2D eigenvalue weighted by Gasteiger charge is 2.23. The maximum absolute atomic E-state index is 4.54. The lowest BCUT2D eigenvalue weighted by molar-refractivity contribution is 0.472. The summed E-state index contributed by atoms with van der Waals surface area (Å²) in [5.41, 5.74) is 4.33. The molecule has 1 unspecified atom stereocenters. The standard InChI is InChI=1S/C17H20N6/c1-2-14-10-16(17-20-19-12-23(17)21-14)22-9-8-18-15(11-22)13-6-4-3-5-7-13/h3-7,10,12,15,18H,2,8-9,11H2,1H3. The first-order valence-corrected chi connectivity index (χ1v) is 8.08. The summed E-state index contributed by atoms with van der Waals surface area (Å²) >= 11 is 0. The summed E-state index contributed by atoms with van der Waals surface area (Å²) in [5, 5.41) is 16.4. The molecule has 3 aromatic rings. The molecule has 0 radical (unpaired) electrons. The van der Waals surface area contributed by atoms with Crippen LogP contribution in [0, 0.1) is 0 Å². The van der Waals surface area contributed by atoms with Gasteiger partial charge in [0.25, 0.3) is 0 Å². The quantitative estimate of drug-likeness (QED) is 0.800. The minimum absolute atomic E-state index is 0.325. The molecule has 23 heavy (non-hydrogen) atoms. The van der Waals surface area contributed by atoms with Gasteiger partial charge in [-0.1, -0.05) is 37.3 Å². The third-order valence-electron chi connectivity index (χ3n) is 4.38. The van der Waals surface area contributed by atoms with Crippen molar-refractivity contribution in [2.75, 3.05) is 24.5 Å². The second kappa shape index (κ2) is 5.96. The second-order valence-electron chi connectivity index (χ2n) is 5.84. The lowest BCUT2D eigenvalue weighted by atomic mass is 10.0. The molecule has 0 amide bonds. The number of anilines is 1. The van der Waals surface area contributed by atoms with E-state index < -0.39 is 0 Å². The number of hydrogen-bond donors (Lipinski definition) is 1. The number of rotatable bonds is 3. The van der Waals surface area contributed by atoms with E-state index in [1.165, 1.54) is 5.56 Å². The molecule has 1 atom stereocenters. The summed E-state index contributed by atoms with van der Waals surface area (Å²) in [6.45, 7) is 4.94. The summed E-state index contributed by atoms with van der Waals surface area (Å²) in [4.78, 5) is 2.39. The van der Waals surface area contributed by atoms with Gasteiger partial charge in [-0.2, -0.15) is 9.61 Å². The lowest BCUT2D eigenvalue weighted by Gasteiger charge is -2.35. The second-order valence-corrected chi connectivity index (χ2v) is 5.84. The van der Waals surface area contributed by atoms with E-state index in [0.717, 1.165) is 43.1 Å². The molecular weight excluding hydrogens is 288 g/mol. The zero-order chi connectivity index (χ0) is 15.6. The van der Waals surface area contributed by atoms with E-state index >= 15 is 0 Å². The van der Waals surface area contributed by atoms with Gasteiger partial charge in [0.1, 0.15) is 6.33 Å². The van der Waals surface area contributed by atoms with E-state index in [9.17, 15) is 0 Å². The van der Waals surface area contributed by atoms with E-state index in [1.807, 2.05) is 0 Å². The zero-order valence-electron chi connectivity index (χ0n) is 13.2. The van der Waals surface area contributed by atoms with E-state index in [2.05, 4.69) is 68.8 Å². The van der Waals surface area contributed by atoms with Gasteiger partial charge in [-0.3, -0.25) is 0 Å². The SMILES string of the molecule is CCc1cc(N2CCNC(c3ccccc3)C2)c2nncn2n1. The number of aryl methyl sites for hydroxylation is 1. The molecule has 6 nitrogen and oxygen atoms in total. The largest absolute Gasteiger partial charge is 0.365 e. The molecule has 1 fully saturated rings. The first-order chi connectivity index (χ1) is 11.3. The highest BCUT2D eigenvalue weighted by atomic mass is 15.4. The number of hydrogen-bond acceptors (Lipinski definition) is 5. The third kappa shape index (κ3) is 2.66. The molecule has 1 N–H and O–H groups in total. The van der Waals surface area contributed by atoms with Crippen molar-refractivity contribution in [3.05, 3.63) is 54.0 Å². The summed E-state index contributed by atoms with van der Waals surface area (Å²) in [7, 11) is 0. The maximum atomic E-state index is 4.54. The van der Waals surface area contributed by atoms with Crippen LogP contribution < -0.4 is 10.2 Å². The first-order valence-electron chi connectivity index (χ1n) is 8.08. The summed E-state index contributed by atoms with van der Waals surface area (Å²) < 4.78 is 1.79. The number of benzene rings is 1. The highest BCUT2D eigenvalue weighted by Crippen LogP contribution is 2.25. The number of nitrogens with one attached hydrogen (secondary N) is 1. The maximum Gasteiger partial charge on any atom is 0.200 e. The molecule has 2 aromatic heterocycles. The van der Waals surface area contributed by atoms with Crippen LogP contribution in [0.5, 0.6) is 0 Å². The fourth-order valence-corrected chi connectivity index (χ4v) is 3.14. The number of piperazine rings is 1. The Morgan fingerprint density at radius 3 is 2.96 bits per heavy atom. The predicted octanol–water partition coefficient (Wildman–Crippen LogP) is 1.84. The molecule has 0 bridgehead atoms. The molecule has 1 aliphatic rings. The van der Waals surface area contributed by atoms with Crippen molar-refractivity contribution in [1.29, 1.82) is 0 Å². The fraction of sp³-hybridized carbons (Fsp3) is 0.353. The van der Waals surface area contributed by atoms with Gasteiger partial charge in [-0.05, 0) is 18.1 Å². The molecule has 3 heterocycles. The Balaban J connectivity index is 1.69. The van der Waals surface area contributed by atoms with Crippen LogP contribution in [-0.4, -0.2) is 39.4 Å². The van der Waals surface area contributed by atoms with Crippen LogP contribution in [-0.2, 0) is 6.42 Å². The van der Waals surface area contributed by atoms with Crippen molar-refractivity contribution in [2.45, 2.75) is 19.4 Å². The number of aromatic nitrogens is 4. The van der Waals surface area contributed by atoms with Crippen molar-refractivity contribution in [3.8, 4) is 0 Å². The average Bonchev–Trinajstić information content (AvgIpc) is 3.10. The van der Waals surface area contributed by atoms with E-state index in [4.69, 9.17) is 0 Å². The summed E-state index contributed by atoms with van der Waals surface area (Å²) in [6, 6.07) is 13.1. The first kappa shape index (κ1) is 14.1. The molecule has 1 aliphatic heterocycles. The van der Waals surface area contributed by atoms with Crippen LogP contribution in [0.25, 0.3) is 5.65 Å². The summed E-state index contributed by atoms with van der Waals surface area (Å²) in [5.74, 6) is 0. The molecule has 1 saturated heterocycles. The minimum Gasteiger partial charge on any atom is -0.365 e. The van der Waals surface area contributed by atoms with Crippen molar-refractivity contribution in [2.24, 2.45) is 0 Å². The Bertz CT molecular complexity index is 797. The van der Waals surface area contributed by atoms with Gasteiger partial charge < -0.3 is 10.2 Å². The Kier molecular flexibility index (Phi) is 3.67. The van der Waals surface area contributed by atoms with Crippen LogP contribution in [0.1, 0.15) is 24.2 Å². The van der Waals surface area contributed by atoms with Crippen molar-refractivity contribution >= 4 is 11.3 Å². The van der Waals surface area contributed by atoms with Gasteiger partial charge in [0.05, 0.1) is 11.4 Å². The smallest absolute Gasteiger partial charge is 0.200 e. The molecule has 118 valence electrons. The Labute approximate surface area is 135 Å². The van der Waals surface area contributed by atoms with Crippen molar-refractivity contribution in [1.82, 2.24) is 25.1 Å². The Morgan fingerprint density at radius 2 is 2.13 bits per heavy atom. The van der Waals surface area contributed by atoms with Gasteiger partial charge in [0.15, 0.2) is 0 Å². The Hall–Kier alpha value is -2.47. The lowest BCUT2D eigenvalue weighted by Crippen LogP contribution is -2.46. The van der Waals surface area contributed by atoms with E-state index in [-0.39, 0.29) is 0 Å². The predicted molar refractivity (Wildman–Crippen MR) is 89.6 cm³/mol. The van der Waals surface area contributed by atoms with Crippen LogP contribution in [0.15, 0.2) is 42.7 Å². The molecule has 6 heteroatoms. The Morgan fingerprint density at radius 1 is 1.26 bits per heavy atom. The molecular formula is C17H20N6. The zero-order valence-corrected chi connectivity index (χ0v) is 13.2. The average molecular weight is 308 g/mol. The number of nitrogens with zero attached hydrogens (tertiary/aromatic N) is 5. The van der Waals surface area contributed by atoms with E-state index in [1.54, 1.807) is 10.8 Å². The van der Waals surface area contributed by atoms with Gasteiger partial charge >= 0.3 is 0 Å². The molecule has 0 spiro atoms. The monoisotopic (exact) mass is 308 g/mol. The third-order valence-corrected chi connectivity index (χ3v) is 4.38. The molecule has 4 rings (SSSR count). The summed E-state index contributed by atoms with van der Waals surface area (Å²) in [6.07, 6.45) is 2.57. The van der Waals surface area contributed by atoms with E-state index in [0.29, 0.717) is 6.04 Å². The van der Waals surface area contributed by atoms with Gasteiger partial charge in [-0.25, -0.2) is 0 Å². The highest BCUT2D eigenvalue weighted by molar-refractivity contribution is 5.68. The van der Waals surface area contributed by atoms with Crippen molar-refractivity contribution < 1.29 is 0 Å². The number of fused-ring (bicyclic) bond motifs is 1.